The predicted octanol–water partition coefficient (Wildman–Crippen LogP) is 0.478. The average Bonchev–Trinajstić information content (AvgIpc) is 2.76. The van der Waals surface area contributed by atoms with Crippen molar-refractivity contribution in [2.75, 3.05) is 40.3 Å². The molecular weight excluding hydrogens is 220 g/mol. The van der Waals surface area contributed by atoms with Gasteiger partial charge in [-0.05, 0) is 14.1 Å². The van der Waals surface area contributed by atoms with Crippen LogP contribution in [0.25, 0.3) is 0 Å². The fraction of sp³-hybridized carbons (Fsp3) is 0.727. The van der Waals surface area contributed by atoms with Crippen molar-refractivity contribution in [3.8, 4) is 0 Å². The van der Waals surface area contributed by atoms with Gasteiger partial charge in [0.1, 0.15) is 0 Å². The first-order valence-electron chi connectivity index (χ1n) is 5.72. The van der Waals surface area contributed by atoms with E-state index in [0.29, 0.717) is 6.04 Å². The lowest BCUT2D eigenvalue weighted by molar-refractivity contribution is 0.113. The van der Waals surface area contributed by atoms with Crippen LogP contribution in [0.15, 0.2) is 10.9 Å². The Morgan fingerprint density at radius 2 is 2.38 bits per heavy atom. The Morgan fingerprint density at radius 1 is 1.50 bits per heavy atom. The second-order valence-electron chi connectivity index (χ2n) is 4.51. The molecule has 4 nitrogen and oxygen atoms in total. The molecule has 1 aliphatic heterocycles. The van der Waals surface area contributed by atoms with Crippen LogP contribution in [0.2, 0.25) is 0 Å². The van der Waals surface area contributed by atoms with E-state index in [1.807, 2.05) is 5.51 Å². The van der Waals surface area contributed by atoms with E-state index < -0.39 is 0 Å². The molecule has 1 aromatic heterocycles. The molecule has 1 N–H and O–H groups in total. The first-order valence-corrected chi connectivity index (χ1v) is 6.66. The van der Waals surface area contributed by atoms with Gasteiger partial charge in [-0.2, -0.15) is 0 Å². The van der Waals surface area contributed by atoms with Crippen molar-refractivity contribution in [3.05, 3.63) is 16.6 Å². The van der Waals surface area contributed by atoms with Gasteiger partial charge in [0.15, 0.2) is 0 Å². The molecule has 0 spiro atoms. The van der Waals surface area contributed by atoms with Crippen LogP contribution in [-0.4, -0.2) is 61.1 Å². The number of nitrogens with one attached hydrogen (secondary N) is 1. The summed E-state index contributed by atoms with van der Waals surface area (Å²) < 4.78 is 0. The lowest BCUT2D eigenvalue weighted by atomic mass is 10.2. The first-order chi connectivity index (χ1) is 7.75. The summed E-state index contributed by atoms with van der Waals surface area (Å²) in [5, 5.41) is 5.59. The SMILES string of the molecule is CN1CCN(C)C(CNCc2cscn2)C1. The Balaban J connectivity index is 1.72. The van der Waals surface area contributed by atoms with E-state index in [4.69, 9.17) is 0 Å². The number of piperazine rings is 1. The van der Waals surface area contributed by atoms with Crippen LogP contribution in [-0.2, 0) is 6.54 Å². The third kappa shape index (κ3) is 3.25. The van der Waals surface area contributed by atoms with Crippen molar-refractivity contribution in [1.82, 2.24) is 20.1 Å². The number of nitrogens with zero attached hydrogens (tertiary/aromatic N) is 3. The van der Waals surface area contributed by atoms with Crippen molar-refractivity contribution in [2.45, 2.75) is 12.6 Å². The van der Waals surface area contributed by atoms with Crippen LogP contribution >= 0.6 is 11.3 Å². The molecule has 0 saturated carbocycles. The van der Waals surface area contributed by atoms with Crippen LogP contribution in [0.3, 0.4) is 0 Å². The molecule has 0 amide bonds. The van der Waals surface area contributed by atoms with Gasteiger partial charge in [-0.1, -0.05) is 0 Å². The molecule has 1 saturated heterocycles. The zero-order valence-corrected chi connectivity index (χ0v) is 10.8. The summed E-state index contributed by atoms with van der Waals surface area (Å²) in [6, 6.07) is 0.623. The molecule has 1 aromatic rings. The second-order valence-corrected chi connectivity index (χ2v) is 5.23. The molecule has 1 atom stereocenters. The average molecular weight is 240 g/mol. The monoisotopic (exact) mass is 240 g/mol. The van der Waals surface area contributed by atoms with E-state index >= 15 is 0 Å². The Kier molecular flexibility index (Phi) is 4.29. The van der Waals surface area contributed by atoms with Gasteiger partial charge in [-0.25, -0.2) is 4.98 Å². The minimum Gasteiger partial charge on any atom is -0.310 e. The van der Waals surface area contributed by atoms with Crippen molar-refractivity contribution in [3.63, 3.8) is 0 Å². The maximum absolute atomic E-state index is 4.26. The summed E-state index contributed by atoms with van der Waals surface area (Å²) in [6.45, 7) is 5.43. The van der Waals surface area contributed by atoms with Crippen LogP contribution in [0.1, 0.15) is 5.69 Å². The minimum atomic E-state index is 0.623. The molecule has 1 fully saturated rings. The van der Waals surface area contributed by atoms with E-state index in [-0.39, 0.29) is 0 Å². The largest absolute Gasteiger partial charge is 0.310 e. The van der Waals surface area contributed by atoms with Gasteiger partial charge < -0.3 is 10.2 Å². The van der Waals surface area contributed by atoms with E-state index in [0.717, 1.165) is 25.3 Å². The quantitative estimate of drug-likeness (QED) is 0.829. The Labute approximate surface area is 101 Å². The topological polar surface area (TPSA) is 31.4 Å². The standard InChI is InChI=1S/C11H20N4S/c1-14-3-4-15(2)11(7-14)6-12-5-10-8-16-9-13-10/h8-9,11-12H,3-7H2,1-2H3. The van der Waals surface area contributed by atoms with Crippen molar-refractivity contribution in [2.24, 2.45) is 0 Å². The summed E-state index contributed by atoms with van der Waals surface area (Å²) in [6.07, 6.45) is 0. The molecule has 0 bridgehead atoms. The highest BCUT2D eigenvalue weighted by Crippen LogP contribution is 2.05. The van der Waals surface area contributed by atoms with Gasteiger partial charge in [0.2, 0.25) is 0 Å². The van der Waals surface area contributed by atoms with Gasteiger partial charge >= 0.3 is 0 Å². The maximum atomic E-state index is 4.26. The van der Waals surface area contributed by atoms with E-state index in [9.17, 15) is 0 Å². The minimum absolute atomic E-state index is 0.623. The predicted molar refractivity (Wildman–Crippen MR) is 67.7 cm³/mol. The first kappa shape index (κ1) is 12.0. The molecule has 1 aliphatic rings. The molecular formula is C11H20N4S. The smallest absolute Gasteiger partial charge is 0.0795 e. The zero-order valence-electron chi connectivity index (χ0n) is 10.0. The summed E-state index contributed by atoms with van der Waals surface area (Å²) in [4.78, 5) is 9.10. The number of thiazole rings is 1. The summed E-state index contributed by atoms with van der Waals surface area (Å²) in [5.41, 5.74) is 3.04. The number of rotatable bonds is 4. The molecule has 90 valence electrons. The van der Waals surface area contributed by atoms with Crippen molar-refractivity contribution >= 4 is 11.3 Å². The number of hydrogen-bond acceptors (Lipinski definition) is 5. The van der Waals surface area contributed by atoms with Gasteiger partial charge in [-0.3, -0.25) is 4.90 Å². The van der Waals surface area contributed by atoms with Crippen LogP contribution in [0.4, 0.5) is 0 Å². The van der Waals surface area contributed by atoms with Crippen LogP contribution in [0.5, 0.6) is 0 Å². The van der Waals surface area contributed by atoms with E-state index in [1.165, 1.54) is 13.1 Å². The highest BCUT2D eigenvalue weighted by molar-refractivity contribution is 7.07. The zero-order chi connectivity index (χ0) is 11.4. The fourth-order valence-electron chi connectivity index (χ4n) is 2.01. The van der Waals surface area contributed by atoms with E-state index in [2.05, 4.69) is 39.6 Å². The van der Waals surface area contributed by atoms with Crippen molar-refractivity contribution in [1.29, 1.82) is 0 Å². The van der Waals surface area contributed by atoms with Gasteiger partial charge in [0.05, 0.1) is 11.2 Å². The lowest BCUT2D eigenvalue weighted by Gasteiger charge is -2.37. The molecule has 5 heteroatoms. The summed E-state index contributed by atoms with van der Waals surface area (Å²) in [7, 11) is 4.41. The molecule has 0 aliphatic carbocycles. The second kappa shape index (κ2) is 5.72. The lowest BCUT2D eigenvalue weighted by Crippen LogP contribution is -2.53. The Morgan fingerprint density at radius 3 is 3.12 bits per heavy atom. The number of hydrogen-bond donors (Lipinski definition) is 1. The summed E-state index contributed by atoms with van der Waals surface area (Å²) in [5.74, 6) is 0. The molecule has 16 heavy (non-hydrogen) atoms. The Hall–Kier alpha value is -0.490. The third-order valence-corrected chi connectivity index (χ3v) is 3.79. The van der Waals surface area contributed by atoms with Crippen LogP contribution in [0, 0.1) is 0 Å². The highest BCUT2D eigenvalue weighted by atomic mass is 32.1. The molecule has 0 aromatic carbocycles. The van der Waals surface area contributed by atoms with Crippen molar-refractivity contribution < 1.29 is 0 Å². The molecule has 0 radical (unpaired) electrons. The van der Waals surface area contributed by atoms with Crippen LogP contribution < -0.4 is 5.32 Å². The van der Waals surface area contributed by atoms with Gasteiger partial charge in [-0.15, -0.1) is 11.3 Å². The maximum Gasteiger partial charge on any atom is 0.0795 e. The molecule has 2 rings (SSSR count). The number of likely N-dealkylation sites (N-methyl/N-ethyl adjacent to an activating group) is 2. The third-order valence-electron chi connectivity index (χ3n) is 3.15. The molecule has 1 unspecified atom stereocenters. The fourth-order valence-corrected chi connectivity index (χ4v) is 2.57. The van der Waals surface area contributed by atoms with Gasteiger partial charge in [0.25, 0.3) is 0 Å². The highest BCUT2D eigenvalue weighted by Gasteiger charge is 2.21. The van der Waals surface area contributed by atoms with Gasteiger partial charge in [0, 0.05) is 44.1 Å². The summed E-state index contributed by atoms with van der Waals surface area (Å²) >= 11 is 1.66. The normalized spacial score (nSPS) is 23.8. The molecule has 2 heterocycles. The van der Waals surface area contributed by atoms with E-state index in [1.54, 1.807) is 11.3 Å². The Bertz CT molecular complexity index is 301. The number of aromatic nitrogens is 1.